The smallest absolute Gasteiger partial charge is 0.117 e. The molecule has 0 saturated carbocycles. The average Bonchev–Trinajstić information content (AvgIpc) is 2.91. The maximum Gasteiger partial charge on any atom is 0.117 e. The van der Waals surface area contributed by atoms with Crippen molar-refractivity contribution in [2.24, 2.45) is 5.41 Å². The van der Waals surface area contributed by atoms with Gasteiger partial charge in [0.2, 0.25) is 0 Å². The summed E-state index contributed by atoms with van der Waals surface area (Å²) in [5.41, 5.74) is 0.178. The SMILES string of the molecule is COC[C@@]12CCCO[C@@H]1CCN(Cc1ccco1)C2. The highest BCUT2D eigenvalue weighted by molar-refractivity contribution is 5.01. The van der Waals surface area contributed by atoms with Gasteiger partial charge in [0.1, 0.15) is 5.76 Å². The molecule has 3 rings (SSSR count). The second-order valence-corrected chi connectivity index (χ2v) is 5.84. The molecule has 4 heteroatoms. The number of rotatable bonds is 4. The lowest BCUT2D eigenvalue weighted by molar-refractivity contribution is -0.149. The summed E-state index contributed by atoms with van der Waals surface area (Å²) in [6.07, 6.45) is 5.57. The Labute approximate surface area is 114 Å². The minimum atomic E-state index is 0.178. The zero-order valence-corrected chi connectivity index (χ0v) is 11.6. The van der Waals surface area contributed by atoms with E-state index in [0.29, 0.717) is 6.10 Å². The van der Waals surface area contributed by atoms with Crippen molar-refractivity contribution < 1.29 is 13.9 Å². The Morgan fingerprint density at radius 3 is 3.26 bits per heavy atom. The average molecular weight is 265 g/mol. The van der Waals surface area contributed by atoms with Crippen molar-refractivity contribution in [1.29, 1.82) is 0 Å². The van der Waals surface area contributed by atoms with Gasteiger partial charge in [0.05, 0.1) is 25.5 Å². The van der Waals surface area contributed by atoms with Crippen molar-refractivity contribution in [2.75, 3.05) is 33.4 Å². The number of nitrogens with zero attached hydrogens (tertiary/aromatic N) is 1. The summed E-state index contributed by atoms with van der Waals surface area (Å²) in [5.74, 6) is 1.04. The van der Waals surface area contributed by atoms with Crippen LogP contribution in [0.5, 0.6) is 0 Å². The quantitative estimate of drug-likeness (QED) is 0.836. The molecule has 2 saturated heterocycles. The fraction of sp³-hybridized carbons (Fsp3) is 0.733. The third-order valence-corrected chi connectivity index (χ3v) is 4.46. The number of fused-ring (bicyclic) bond motifs is 1. The minimum Gasteiger partial charge on any atom is -0.468 e. The van der Waals surface area contributed by atoms with E-state index in [-0.39, 0.29) is 5.41 Å². The van der Waals surface area contributed by atoms with E-state index >= 15 is 0 Å². The summed E-state index contributed by atoms with van der Waals surface area (Å²) in [7, 11) is 1.80. The van der Waals surface area contributed by atoms with Gasteiger partial charge in [-0.15, -0.1) is 0 Å². The molecule has 0 spiro atoms. The lowest BCUT2D eigenvalue weighted by Crippen LogP contribution is -2.56. The van der Waals surface area contributed by atoms with E-state index in [1.54, 1.807) is 13.4 Å². The van der Waals surface area contributed by atoms with E-state index in [1.165, 1.54) is 6.42 Å². The van der Waals surface area contributed by atoms with E-state index in [1.807, 2.05) is 12.1 Å². The Hall–Kier alpha value is -0.840. The molecule has 19 heavy (non-hydrogen) atoms. The molecule has 0 unspecified atom stereocenters. The predicted octanol–water partition coefficient (Wildman–Crippen LogP) is 2.30. The molecule has 0 bridgehead atoms. The van der Waals surface area contributed by atoms with Gasteiger partial charge >= 0.3 is 0 Å². The summed E-state index contributed by atoms with van der Waals surface area (Å²) in [6, 6.07) is 4.00. The molecule has 0 radical (unpaired) electrons. The molecule has 2 aliphatic heterocycles. The Balaban J connectivity index is 1.69. The molecule has 2 fully saturated rings. The highest BCUT2D eigenvalue weighted by Crippen LogP contribution is 2.40. The largest absolute Gasteiger partial charge is 0.468 e. The monoisotopic (exact) mass is 265 g/mol. The number of hydrogen-bond acceptors (Lipinski definition) is 4. The zero-order valence-electron chi connectivity index (χ0n) is 11.6. The maximum absolute atomic E-state index is 5.99. The summed E-state index contributed by atoms with van der Waals surface area (Å²) in [4.78, 5) is 2.48. The Morgan fingerprint density at radius 2 is 2.47 bits per heavy atom. The highest BCUT2D eigenvalue weighted by atomic mass is 16.5. The van der Waals surface area contributed by atoms with E-state index in [4.69, 9.17) is 13.9 Å². The third-order valence-electron chi connectivity index (χ3n) is 4.46. The van der Waals surface area contributed by atoms with Crippen LogP contribution in [0.3, 0.4) is 0 Å². The van der Waals surface area contributed by atoms with E-state index in [9.17, 15) is 0 Å². The molecule has 0 aromatic carbocycles. The van der Waals surface area contributed by atoms with Gasteiger partial charge in [-0.3, -0.25) is 4.90 Å². The molecule has 0 amide bonds. The van der Waals surface area contributed by atoms with Crippen LogP contribution in [0, 0.1) is 5.41 Å². The van der Waals surface area contributed by atoms with Gasteiger partial charge < -0.3 is 13.9 Å². The van der Waals surface area contributed by atoms with Gasteiger partial charge in [-0.25, -0.2) is 0 Å². The maximum atomic E-state index is 5.99. The van der Waals surface area contributed by atoms with Crippen LogP contribution in [0.25, 0.3) is 0 Å². The van der Waals surface area contributed by atoms with Gasteiger partial charge in [-0.2, -0.15) is 0 Å². The van der Waals surface area contributed by atoms with Gasteiger partial charge in [-0.05, 0) is 31.4 Å². The molecule has 1 aromatic rings. The number of methoxy groups -OCH3 is 1. The molecule has 4 nitrogen and oxygen atoms in total. The van der Waals surface area contributed by atoms with Crippen molar-refractivity contribution in [1.82, 2.24) is 4.90 Å². The molecule has 3 heterocycles. The first-order valence-corrected chi connectivity index (χ1v) is 7.18. The number of furan rings is 1. The van der Waals surface area contributed by atoms with Gasteiger partial charge in [0, 0.05) is 32.2 Å². The van der Waals surface area contributed by atoms with Crippen molar-refractivity contribution in [3.05, 3.63) is 24.2 Å². The second kappa shape index (κ2) is 5.65. The lowest BCUT2D eigenvalue weighted by atomic mass is 9.73. The third kappa shape index (κ3) is 2.71. The molecular formula is C15H23NO3. The fourth-order valence-electron chi connectivity index (χ4n) is 3.64. The summed E-state index contributed by atoms with van der Waals surface area (Å²) >= 11 is 0. The first-order chi connectivity index (χ1) is 9.32. The van der Waals surface area contributed by atoms with Crippen molar-refractivity contribution in [2.45, 2.75) is 31.9 Å². The van der Waals surface area contributed by atoms with E-state index in [0.717, 1.165) is 51.4 Å². The minimum absolute atomic E-state index is 0.178. The first-order valence-electron chi connectivity index (χ1n) is 7.18. The Kier molecular flexibility index (Phi) is 3.91. The molecule has 2 aliphatic rings. The molecule has 106 valence electrons. The van der Waals surface area contributed by atoms with E-state index in [2.05, 4.69) is 4.90 Å². The molecule has 1 aromatic heterocycles. The van der Waals surface area contributed by atoms with Gasteiger partial charge in [0.15, 0.2) is 0 Å². The second-order valence-electron chi connectivity index (χ2n) is 5.84. The summed E-state index contributed by atoms with van der Waals surface area (Å²) in [5, 5.41) is 0. The molecule has 2 atom stereocenters. The number of hydrogen-bond donors (Lipinski definition) is 0. The molecule has 0 aliphatic carbocycles. The van der Waals surface area contributed by atoms with Crippen LogP contribution in [-0.2, 0) is 16.0 Å². The van der Waals surface area contributed by atoms with Gasteiger partial charge in [0.25, 0.3) is 0 Å². The normalized spacial score (nSPS) is 32.2. The topological polar surface area (TPSA) is 34.8 Å². The zero-order chi connectivity index (χ0) is 13.1. The van der Waals surface area contributed by atoms with Crippen LogP contribution >= 0.6 is 0 Å². The van der Waals surface area contributed by atoms with Crippen LogP contribution < -0.4 is 0 Å². The lowest BCUT2D eigenvalue weighted by Gasteiger charge is -2.50. The summed E-state index contributed by atoms with van der Waals surface area (Å²) < 4.78 is 16.9. The van der Waals surface area contributed by atoms with Crippen LogP contribution in [0.1, 0.15) is 25.0 Å². The predicted molar refractivity (Wildman–Crippen MR) is 71.9 cm³/mol. The van der Waals surface area contributed by atoms with Crippen LogP contribution in [0.2, 0.25) is 0 Å². The standard InChI is InChI=1S/C15H23NO3/c1-17-12-15-6-3-9-19-14(15)5-7-16(11-15)10-13-4-2-8-18-13/h2,4,8,14H,3,5-7,9-12H2,1H3/t14-,15+/m1/s1. The molecule has 0 N–H and O–H groups in total. The number of likely N-dealkylation sites (tertiary alicyclic amines) is 1. The van der Waals surface area contributed by atoms with Gasteiger partial charge in [-0.1, -0.05) is 0 Å². The van der Waals surface area contributed by atoms with Crippen molar-refractivity contribution >= 4 is 0 Å². The van der Waals surface area contributed by atoms with Crippen LogP contribution in [0.15, 0.2) is 22.8 Å². The Morgan fingerprint density at radius 1 is 1.53 bits per heavy atom. The van der Waals surface area contributed by atoms with Crippen LogP contribution in [-0.4, -0.2) is 44.4 Å². The molecular weight excluding hydrogens is 242 g/mol. The van der Waals surface area contributed by atoms with E-state index < -0.39 is 0 Å². The fourth-order valence-corrected chi connectivity index (χ4v) is 3.64. The summed E-state index contributed by atoms with van der Waals surface area (Å²) in [6.45, 7) is 4.73. The first kappa shape index (κ1) is 13.2. The van der Waals surface area contributed by atoms with Crippen molar-refractivity contribution in [3.8, 4) is 0 Å². The number of piperidine rings is 1. The Bertz CT molecular complexity index is 388. The number of ether oxygens (including phenoxy) is 2. The highest BCUT2D eigenvalue weighted by Gasteiger charge is 2.45. The van der Waals surface area contributed by atoms with Crippen LogP contribution in [0.4, 0.5) is 0 Å². The van der Waals surface area contributed by atoms with Crippen molar-refractivity contribution in [3.63, 3.8) is 0 Å².